The molecule has 0 saturated heterocycles. The van der Waals surface area contributed by atoms with Crippen LogP contribution in [0.2, 0.25) is 0 Å². The normalized spacial score (nSPS) is 13.7. The molecule has 0 aliphatic carbocycles. The number of amides is 1. The second kappa shape index (κ2) is 6.73. The summed E-state index contributed by atoms with van der Waals surface area (Å²) in [7, 11) is 0. The zero-order valence-corrected chi connectivity index (χ0v) is 12.7. The highest BCUT2D eigenvalue weighted by atomic mass is 32.1. The average Bonchev–Trinajstić information content (AvgIpc) is 2.94. The van der Waals surface area contributed by atoms with Gasteiger partial charge in [0.05, 0.1) is 6.04 Å². The molecular formula is C14H17FN4OS. The van der Waals surface area contributed by atoms with E-state index in [1.165, 1.54) is 23.5 Å². The Morgan fingerprint density at radius 1 is 1.38 bits per heavy atom. The van der Waals surface area contributed by atoms with Crippen molar-refractivity contribution in [1.82, 2.24) is 10.2 Å². The molecule has 1 heterocycles. The summed E-state index contributed by atoms with van der Waals surface area (Å²) in [5, 5.41) is 11.6. The van der Waals surface area contributed by atoms with E-state index in [0.717, 1.165) is 12.0 Å². The number of hydrogen-bond acceptors (Lipinski definition) is 5. The van der Waals surface area contributed by atoms with Crippen molar-refractivity contribution in [1.29, 1.82) is 0 Å². The fourth-order valence-corrected chi connectivity index (χ4v) is 2.44. The first-order valence-electron chi connectivity index (χ1n) is 6.67. The smallest absolute Gasteiger partial charge is 0.243 e. The molecule has 112 valence electrons. The molecule has 0 aliphatic heterocycles. The van der Waals surface area contributed by atoms with Crippen molar-refractivity contribution in [2.45, 2.75) is 26.3 Å². The third-order valence-corrected chi connectivity index (χ3v) is 4.19. The Labute approximate surface area is 126 Å². The first-order chi connectivity index (χ1) is 10.0. The molecule has 5 nitrogen and oxygen atoms in total. The van der Waals surface area contributed by atoms with Crippen molar-refractivity contribution in [3.05, 3.63) is 30.1 Å². The number of rotatable bonds is 5. The Bertz CT molecular complexity index is 614. The minimum Gasteiger partial charge on any atom is -0.320 e. The van der Waals surface area contributed by atoms with Gasteiger partial charge in [0.25, 0.3) is 0 Å². The van der Waals surface area contributed by atoms with Crippen LogP contribution in [0.15, 0.2) is 24.3 Å². The fraction of sp³-hybridized carbons (Fsp3) is 0.357. The lowest BCUT2D eigenvalue weighted by Crippen LogP contribution is -2.40. The van der Waals surface area contributed by atoms with Gasteiger partial charge in [0.2, 0.25) is 11.0 Å². The van der Waals surface area contributed by atoms with Gasteiger partial charge in [-0.15, -0.1) is 10.2 Å². The van der Waals surface area contributed by atoms with E-state index >= 15 is 0 Å². The third kappa shape index (κ3) is 3.83. The number of anilines is 1. The fourth-order valence-electron chi connectivity index (χ4n) is 1.68. The zero-order valence-electron chi connectivity index (χ0n) is 11.8. The van der Waals surface area contributed by atoms with Gasteiger partial charge in [-0.3, -0.25) is 10.1 Å². The molecule has 0 aliphatic rings. The topological polar surface area (TPSA) is 80.9 Å². The van der Waals surface area contributed by atoms with Crippen LogP contribution in [0.1, 0.15) is 20.3 Å². The number of benzene rings is 1. The van der Waals surface area contributed by atoms with E-state index in [4.69, 9.17) is 5.73 Å². The second-order valence-electron chi connectivity index (χ2n) is 4.82. The van der Waals surface area contributed by atoms with E-state index in [1.54, 1.807) is 12.1 Å². The van der Waals surface area contributed by atoms with Crippen molar-refractivity contribution in [3.63, 3.8) is 0 Å². The number of nitrogens with zero attached hydrogens (tertiary/aromatic N) is 2. The number of nitrogens with one attached hydrogen (secondary N) is 1. The summed E-state index contributed by atoms with van der Waals surface area (Å²) in [5.41, 5.74) is 6.61. The Balaban J connectivity index is 2.06. The number of hydrogen-bond donors (Lipinski definition) is 2. The van der Waals surface area contributed by atoms with Crippen LogP contribution < -0.4 is 11.1 Å². The Kier molecular flexibility index (Phi) is 4.98. The number of carbonyl (C=O) groups is 1. The summed E-state index contributed by atoms with van der Waals surface area (Å²) in [6.07, 6.45) is 0.825. The van der Waals surface area contributed by atoms with E-state index in [0.29, 0.717) is 10.1 Å². The summed E-state index contributed by atoms with van der Waals surface area (Å²) in [5.74, 6) is -0.489. The quantitative estimate of drug-likeness (QED) is 0.890. The molecule has 1 aromatic carbocycles. The van der Waals surface area contributed by atoms with Gasteiger partial charge in [0.15, 0.2) is 0 Å². The molecule has 7 heteroatoms. The van der Waals surface area contributed by atoms with Crippen LogP contribution in [-0.4, -0.2) is 22.1 Å². The van der Waals surface area contributed by atoms with Crippen molar-refractivity contribution in [3.8, 4) is 10.6 Å². The molecule has 2 unspecified atom stereocenters. The first kappa shape index (κ1) is 15.5. The van der Waals surface area contributed by atoms with Gasteiger partial charge >= 0.3 is 0 Å². The molecule has 0 saturated carbocycles. The molecule has 2 atom stereocenters. The van der Waals surface area contributed by atoms with Crippen molar-refractivity contribution in [2.24, 2.45) is 11.7 Å². The lowest BCUT2D eigenvalue weighted by molar-refractivity contribution is -0.118. The molecule has 1 amide bonds. The predicted octanol–water partition coefficient (Wildman–Crippen LogP) is 2.66. The second-order valence-corrected chi connectivity index (χ2v) is 5.80. The van der Waals surface area contributed by atoms with Crippen LogP contribution in [-0.2, 0) is 4.79 Å². The lowest BCUT2D eigenvalue weighted by atomic mass is 10.00. The molecule has 0 spiro atoms. The molecule has 0 radical (unpaired) electrons. The standard InChI is InChI=1S/C14H17FN4OS/c1-3-8(2)11(16)12(20)17-14-19-18-13(21-14)9-4-6-10(15)7-5-9/h4-8,11H,3,16H2,1-2H3,(H,17,19,20). The van der Waals surface area contributed by atoms with Crippen LogP contribution in [0.4, 0.5) is 9.52 Å². The predicted molar refractivity (Wildman–Crippen MR) is 81.4 cm³/mol. The third-order valence-electron chi connectivity index (χ3n) is 3.31. The molecular weight excluding hydrogens is 291 g/mol. The van der Waals surface area contributed by atoms with Crippen LogP contribution in [0, 0.1) is 11.7 Å². The van der Waals surface area contributed by atoms with Gasteiger partial charge in [-0.2, -0.15) is 0 Å². The summed E-state index contributed by atoms with van der Waals surface area (Å²) < 4.78 is 12.9. The van der Waals surface area contributed by atoms with Crippen LogP contribution in [0.3, 0.4) is 0 Å². The highest BCUT2D eigenvalue weighted by Crippen LogP contribution is 2.26. The van der Waals surface area contributed by atoms with Gasteiger partial charge in [0, 0.05) is 5.56 Å². The maximum Gasteiger partial charge on any atom is 0.243 e. The van der Waals surface area contributed by atoms with Gasteiger partial charge in [0.1, 0.15) is 10.8 Å². The maximum atomic E-state index is 12.9. The molecule has 0 fully saturated rings. The van der Waals surface area contributed by atoms with E-state index in [-0.39, 0.29) is 17.6 Å². The number of halogens is 1. The highest BCUT2D eigenvalue weighted by Gasteiger charge is 2.20. The van der Waals surface area contributed by atoms with Crippen molar-refractivity contribution < 1.29 is 9.18 Å². The molecule has 0 bridgehead atoms. The molecule has 1 aromatic heterocycles. The molecule has 2 rings (SSSR count). The zero-order chi connectivity index (χ0) is 15.4. The van der Waals surface area contributed by atoms with Gasteiger partial charge in [-0.1, -0.05) is 31.6 Å². The number of aromatic nitrogens is 2. The lowest BCUT2D eigenvalue weighted by Gasteiger charge is -2.16. The maximum absolute atomic E-state index is 12.9. The summed E-state index contributed by atoms with van der Waals surface area (Å²) in [4.78, 5) is 12.0. The Hall–Kier alpha value is -1.86. The monoisotopic (exact) mass is 308 g/mol. The van der Waals surface area contributed by atoms with Crippen LogP contribution in [0.5, 0.6) is 0 Å². The van der Waals surface area contributed by atoms with E-state index < -0.39 is 6.04 Å². The van der Waals surface area contributed by atoms with E-state index in [1.807, 2.05) is 13.8 Å². The SMILES string of the molecule is CCC(C)C(N)C(=O)Nc1nnc(-c2ccc(F)cc2)s1. The van der Waals surface area contributed by atoms with Gasteiger partial charge in [-0.25, -0.2) is 4.39 Å². The molecule has 21 heavy (non-hydrogen) atoms. The highest BCUT2D eigenvalue weighted by molar-refractivity contribution is 7.18. The minimum atomic E-state index is -0.576. The number of carbonyl (C=O) groups excluding carboxylic acids is 1. The largest absolute Gasteiger partial charge is 0.320 e. The molecule has 3 N–H and O–H groups in total. The summed E-state index contributed by atoms with van der Waals surface area (Å²) in [6.45, 7) is 3.91. The Morgan fingerprint density at radius 2 is 2.05 bits per heavy atom. The van der Waals surface area contributed by atoms with E-state index in [9.17, 15) is 9.18 Å². The average molecular weight is 308 g/mol. The van der Waals surface area contributed by atoms with Gasteiger partial charge < -0.3 is 5.73 Å². The van der Waals surface area contributed by atoms with Crippen molar-refractivity contribution >= 4 is 22.4 Å². The molecule has 2 aromatic rings. The summed E-state index contributed by atoms with van der Waals surface area (Å²) in [6, 6.07) is 5.37. The Morgan fingerprint density at radius 3 is 2.67 bits per heavy atom. The van der Waals surface area contributed by atoms with Crippen LogP contribution in [0.25, 0.3) is 10.6 Å². The first-order valence-corrected chi connectivity index (χ1v) is 7.48. The van der Waals surface area contributed by atoms with Gasteiger partial charge in [-0.05, 0) is 30.2 Å². The summed E-state index contributed by atoms with van der Waals surface area (Å²) >= 11 is 1.22. The van der Waals surface area contributed by atoms with Crippen LogP contribution >= 0.6 is 11.3 Å². The van der Waals surface area contributed by atoms with E-state index in [2.05, 4.69) is 15.5 Å². The van der Waals surface area contributed by atoms with Crippen molar-refractivity contribution in [2.75, 3.05) is 5.32 Å². The number of nitrogens with two attached hydrogens (primary N) is 1. The minimum absolute atomic E-state index is 0.0921.